The molecule has 2 aromatic carbocycles. The maximum atomic E-state index is 12.8. The van der Waals surface area contributed by atoms with Crippen LogP contribution in [0.4, 0.5) is 4.79 Å². The molecule has 2 N–H and O–H groups in total. The zero-order chi connectivity index (χ0) is 28.9. The molecule has 2 saturated heterocycles. The number of alkyl halides is 6. The summed E-state index contributed by atoms with van der Waals surface area (Å²) in [5.41, 5.74) is 1.62. The van der Waals surface area contributed by atoms with Gasteiger partial charge in [-0.25, -0.2) is 4.79 Å². The van der Waals surface area contributed by atoms with Gasteiger partial charge in [-0.3, -0.25) is 5.41 Å². The van der Waals surface area contributed by atoms with Crippen molar-refractivity contribution in [2.45, 2.75) is 51.1 Å². The Bertz CT molecular complexity index is 1140. The molecule has 40 heavy (non-hydrogen) atoms. The number of benzene rings is 2. The highest BCUT2D eigenvalue weighted by atomic mass is 35.6. The summed E-state index contributed by atoms with van der Waals surface area (Å²) in [5, 5.41) is 10.7. The molecule has 6 atom stereocenters. The fraction of sp³-hybridized carbons (Fsp3) is 0.440. The van der Waals surface area contributed by atoms with E-state index in [9.17, 15) is 4.79 Å². The van der Waals surface area contributed by atoms with Crippen molar-refractivity contribution in [2.75, 3.05) is 13.2 Å². The number of rotatable bonds is 7. The van der Waals surface area contributed by atoms with Gasteiger partial charge in [0.15, 0.2) is 6.29 Å². The molecule has 2 fully saturated rings. The third kappa shape index (κ3) is 8.88. The summed E-state index contributed by atoms with van der Waals surface area (Å²) in [4.78, 5) is 12.8. The highest BCUT2D eigenvalue weighted by Crippen LogP contribution is 2.37. The summed E-state index contributed by atoms with van der Waals surface area (Å²) in [7, 11) is 0. The first-order valence-corrected chi connectivity index (χ1v) is 14.1. The monoisotopic (exact) mass is 674 g/mol. The summed E-state index contributed by atoms with van der Waals surface area (Å²) < 4.78 is 31.2. The van der Waals surface area contributed by atoms with E-state index in [2.05, 4.69) is 5.32 Å². The van der Waals surface area contributed by atoms with Crippen molar-refractivity contribution < 1.29 is 33.2 Å². The van der Waals surface area contributed by atoms with Crippen LogP contribution < -0.4 is 5.32 Å². The number of hydrogen-bond acceptors (Lipinski definition) is 8. The Morgan fingerprint density at radius 2 is 1.62 bits per heavy atom. The minimum Gasteiger partial charge on any atom is -0.446 e. The normalized spacial score (nSPS) is 26.9. The lowest BCUT2D eigenvalue weighted by molar-refractivity contribution is -0.341. The standard InChI is InChI=1S/C25H24Cl6N2O7/c26-24(27,28)13-37-23(34)33-17-19(35-11-14-7-3-1-4-8-14)18-16(38-21(17)40-22(32)25(29,30)31)12-36-20(39-18)15-9-5-2-6-10-15/h1-10,16-21,32H,11-13H2,(H,33,34)/t16-,17-,18-,19-,20?,21?/m1/s1. The molecule has 0 aromatic heterocycles. The van der Waals surface area contributed by atoms with E-state index in [0.717, 1.165) is 11.1 Å². The zero-order valence-electron chi connectivity index (χ0n) is 20.5. The maximum absolute atomic E-state index is 12.8. The Kier molecular flexibility index (Phi) is 11.0. The number of alkyl carbamates (subject to hydrolysis) is 1. The van der Waals surface area contributed by atoms with E-state index >= 15 is 0 Å². The SMILES string of the molecule is N=C(OC1O[C@@H]2COC(c3ccccc3)O[C@H]2[C@H](OCc2ccccc2)[C@H]1NC(=O)OCC(Cl)(Cl)Cl)C(Cl)(Cl)Cl. The van der Waals surface area contributed by atoms with Crippen LogP contribution in [0.1, 0.15) is 17.4 Å². The number of hydrogen-bond donors (Lipinski definition) is 2. The molecule has 0 saturated carbocycles. The highest BCUT2D eigenvalue weighted by Gasteiger charge is 2.53. The smallest absolute Gasteiger partial charge is 0.407 e. The third-order valence-corrected chi connectivity index (χ3v) is 6.68. The van der Waals surface area contributed by atoms with Gasteiger partial charge in [0.2, 0.25) is 16.0 Å². The quantitative estimate of drug-likeness (QED) is 0.203. The lowest BCUT2D eigenvalue weighted by Gasteiger charge is -2.49. The van der Waals surface area contributed by atoms with Gasteiger partial charge in [0.1, 0.15) is 31.0 Å². The van der Waals surface area contributed by atoms with Gasteiger partial charge in [-0.2, -0.15) is 0 Å². The van der Waals surface area contributed by atoms with E-state index in [0.29, 0.717) is 0 Å². The van der Waals surface area contributed by atoms with Crippen LogP contribution in [0.5, 0.6) is 0 Å². The second kappa shape index (κ2) is 13.8. The number of nitrogens with one attached hydrogen (secondary N) is 2. The Labute approximate surface area is 260 Å². The second-order valence-electron chi connectivity index (χ2n) is 8.79. The Morgan fingerprint density at radius 1 is 0.975 bits per heavy atom. The van der Waals surface area contributed by atoms with Gasteiger partial charge in [0.25, 0.3) is 3.79 Å². The van der Waals surface area contributed by atoms with Crippen molar-refractivity contribution in [2.24, 2.45) is 0 Å². The zero-order valence-corrected chi connectivity index (χ0v) is 25.0. The largest absolute Gasteiger partial charge is 0.446 e. The number of carbonyl (C=O) groups excluding carboxylic acids is 1. The molecule has 218 valence electrons. The van der Waals surface area contributed by atoms with Crippen LogP contribution in [0.2, 0.25) is 0 Å². The molecule has 0 aliphatic carbocycles. The van der Waals surface area contributed by atoms with Gasteiger partial charge >= 0.3 is 6.09 Å². The lowest BCUT2D eigenvalue weighted by atomic mass is 9.95. The molecule has 2 aliphatic heterocycles. The molecule has 2 heterocycles. The summed E-state index contributed by atoms with van der Waals surface area (Å²) in [6.45, 7) is -0.347. The first-order valence-electron chi connectivity index (χ1n) is 11.9. The first-order chi connectivity index (χ1) is 18.9. The molecule has 2 aliphatic rings. The fourth-order valence-electron chi connectivity index (χ4n) is 4.08. The molecule has 0 spiro atoms. The van der Waals surface area contributed by atoms with E-state index < -0.39 is 63.1 Å². The van der Waals surface area contributed by atoms with Crippen LogP contribution in [-0.2, 0) is 35.0 Å². The average molecular weight is 677 g/mol. The van der Waals surface area contributed by atoms with E-state index in [1.54, 1.807) is 0 Å². The molecule has 4 rings (SSSR count). The first kappa shape index (κ1) is 31.7. The van der Waals surface area contributed by atoms with Crippen molar-refractivity contribution in [1.82, 2.24) is 5.32 Å². The molecule has 0 bridgehead atoms. The van der Waals surface area contributed by atoms with E-state index in [-0.39, 0.29) is 13.2 Å². The van der Waals surface area contributed by atoms with Crippen molar-refractivity contribution >= 4 is 81.6 Å². The molecule has 0 radical (unpaired) electrons. The van der Waals surface area contributed by atoms with Crippen LogP contribution in [0, 0.1) is 5.41 Å². The Hall–Kier alpha value is -1.24. The summed E-state index contributed by atoms with van der Waals surface area (Å²) in [6.07, 6.45) is -5.56. The van der Waals surface area contributed by atoms with E-state index in [1.807, 2.05) is 60.7 Å². The topological polar surface area (TPSA) is 108 Å². The number of amides is 1. The van der Waals surface area contributed by atoms with Gasteiger partial charge in [0, 0.05) is 5.56 Å². The van der Waals surface area contributed by atoms with Gasteiger partial charge in [-0.15, -0.1) is 0 Å². The summed E-state index contributed by atoms with van der Waals surface area (Å²) in [5.74, 6) is -0.746. The number of carbonyl (C=O) groups is 1. The predicted molar refractivity (Wildman–Crippen MR) is 151 cm³/mol. The second-order valence-corrected chi connectivity index (χ2v) is 13.6. The minimum atomic E-state index is -2.21. The van der Waals surface area contributed by atoms with Gasteiger partial charge < -0.3 is 33.7 Å². The van der Waals surface area contributed by atoms with Crippen LogP contribution in [0.15, 0.2) is 60.7 Å². The number of ether oxygens (including phenoxy) is 6. The van der Waals surface area contributed by atoms with Crippen LogP contribution in [-0.4, -0.2) is 63.4 Å². The molecule has 2 aromatic rings. The summed E-state index contributed by atoms with van der Waals surface area (Å²) in [6, 6.07) is 17.5. The third-order valence-electron chi connectivity index (χ3n) is 5.84. The number of halogens is 6. The minimum absolute atomic E-state index is 0.0703. The van der Waals surface area contributed by atoms with Crippen LogP contribution >= 0.6 is 69.6 Å². The van der Waals surface area contributed by atoms with Crippen molar-refractivity contribution in [3.63, 3.8) is 0 Å². The molecule has 9 nitrogen and oxygen atoms in total. The molecular formula is C25H24Cl6N2O7. The molecular weight excluding hydrogens is 653 g/mol. The maximum Gasteiger partial charge on any atom is 0.407 e. The van der Waals surface area contributed by atoms with Gasteiger partial charge in [0.05, 0.1) is 13.2 Å². The van der Waals surface area contributed by atoms with Gasteiger partial charge in [-0.05, 0) is 5.56 Å². The Morgan fingerprint density at radius 3 is 2.25 bits per heavy atom. The van der Waals surface area contributed by atoms with Crippen LogP contribution in [0.3, 0.4) is 0 Å². The molecule has 15 heteroatoms. The average Bonchev–Trinajstić information content (AvgIpc) is 2.91. The predicted octanol–water partition coefficient (Wildman–Crippen LogP) is 6.24. The van der Waals surface area contributed by atoms with Crippen LogP contribution in [0.25, 0.3) is 0 Å². The summed E-state index contributed by atoms with van der Waals surface area (Å²) >= 11 is 34.7. The fourth-order valence-corrected chi connectivity index (χ4v) is 4.38. The van der Waals surface area contributed by atoms with Crippen molar-refractivity contribution in [3.05, 3.63) is 71.8 Å². The molecule has 2 unspecified atom stereocenters. The lowest BCUT2D eigenvalue weighted by Crippen LogP contribution is -2.68. The van der Waals surface area contributed by atoms with E-state index in [1.165, 1.54) is 0 Å². The van der Waals surface area contributed by atoms with Gasteiger partial charge in [-0.1, -0.05) is 130 Å². The van der Waals surface area contributed by atoms with Crippen molar-refractivity contribution in [1.29, 1.82) is 5.41 Å². The Balaban J connectivity index is 1.63. The van der Waals surface area contributed by atoms with Crippen molar-refractivity contribution in [3.8, 4) is 0 Å². The van der Waals surface area contributed by atoms with E-state index in [4.69, 9.17) is 103 Å². The molecule has 1 amide bonds. The number of fused-ring (bicyclic) bond motifs is 1. The highest BCUT2D eigenvalue weighted by molar-refractivity contribution is 6.76.